The maximum Gasteiger partial charge on any atom is 0.0541 e. The second-order valence-electron chi connectivity index (χ2n) is 6.93. The minimum Gasteiger partial charge on any atom is -0.309 e. The molecule has 0 atom stereocenters. The molecule has 4 aromatic carbocycles. The van der Waals surface area contributed by atoms with E-state index < -0.39 is 0 Å². The summed E-state index contributed by atoms with van der Waals surface area (Å²) in [4.78, 5) is 0. The fourth-order valence-corrected chi connectivity index (χ4v) is 4.07. The van der Waals surface area contributed by atoms with E-state index in [9.17, 15) is 0 Å². The molecule has 0 N–H and O–H groups in total. The molecule has 0 saturated heterocycles. The Hall–Kier alpha value is -3.32. The van der Waals surface area contributed by atoms with Crippen LogP contribution in [-0.2, 0) is 6.42 Å². The Balaban J connectivity index is 1.94. The summed E-state index contributed by atoms with van der Waals surface area (Å²) in [6.07, 6.45) is 1.01. The third kappa shape index (κ3) is 2.55. The first-order valence-corrected chi connectivity index (χ1v) is 9.53. The lowest BCUT2D eigenvalue weighted by Crippen LogP contribution is -2.00. The van der Waals surface area contributed by atoms with Crippen LogP contribution >= 0.6 is 0 Å². The van der Waals surface area contributed by atoms with Crippen molar-refractivity contribution in [3.8, 4) is 16.9 Å². The smallest absolute Gasteiger partial charge is 0.0541 e. The lowest BCUT2D eigenvalue weighted by molar-refractivity contribution is 1.05. The number of benzene rings is 4. The minimum atomic E-state index is 1.01. The standard InChI is InChI=1S/C26H21N/c1-2-19-10-7-9-15-24(19)27-25-17-16-20-11-6-8-14-22(20)23(25)18-26(27)21-12-4-3-5-13-21/h3-18H,2H2,1H3. The highest BCUT2D eigenvalue weighted by molar-refractivity contribution is 6.09. The van der Waals surface area contributed by atoms with Crippen LogP contribution in [0.3, 0.4) is 0 Å². The number of aromatic nitrogens is 1. The Morgan fingerprint density at radius 3 is 2.26 bits per heavy atom. The summed E-state index contributed by atoms with van der Waals surface area (Å²) in [6.45, 7) is 2.22. The Morgan fingerprint density at radius 2 is 1.41 bits per heavy atom. The average Bonchev–Trinajstić information content (AvgIpc) is 3.14. The molecule has 1 aromatic heterocycles. The minimum absolute atomic E-state index is 1.01. The van der Waals surface area contributed by atoms with Crippen molar-refractivity contribution in [2.45, 2.75) is 13.3 Å². The molecular formula is C26H21N. The molecule has 0 amide bonds. The molecular weight excluding hydrogens is 326 g/mol. The van der Waals surface area contributed by atoms with Crippen molar-refractivity contribution in [1.29, 1.82) is 0 Å². The van der Waals surface area contributed by atoms with Crippen molar-refractivity contribution in [3.05, 3.63) is 103 Å². The van der Waals surface area contributed by atoms with Crippen LogP contribution in [0.15, 0.2) is 97.1 Å². The summed E-state index contributed by atoms with van der Waals surface area (Å²) in [7, 11) is 0. The third-order valence-electron chi connectivity index (χ3n) is 5.39. The van der Waals surface area contributed by atoms with Gasteiger partial charge in [0, 0.05) is 11.1 Å². The van der Waals surface area contributed by atoms with Crippen LogP contribution in [0.2, 0.25) is 0 Å². The van der Waals surface area contributed by atoms with Gasteiger partial charge in [0.1, 0.15) is 0 Å². The van der Waals surface area contributed by atoms with Gasteiger partial charge in [0.2, 0.25) is 0 Å². The molecule has 5 aromatic rings. The normalized spacial score (nSPS) is 11.3. The van der Waals surface area contributed by atoms with Gasteiger partial charge < -0.3 is 4.57 Å². The molecule has 130 valence electrons. The van der Waals surface area contributed by atoms with Gasteiger partial charge in [-0.05, 0) is 46.5 Å². The number of nitrogens with zero attached hydrogens (tertiary/aromatic N) is 1. The van der Waals surface area contributed by atoms with Gasteiger partial charge in [-0.15, -0.1) is 0 Å². The summed E-state index contributed by atoms with van der Waals surface area (Å²) in [5.41, 5.74) is 6.37. The van der Waals surface area contributed by atoms with Gasteiger partial charge in [-0.3, -0.25) is 0 Å². The van der Waals surface area contributed by atoms with E-state index in [4.69, 9.17) is 0 Å². The maximum absolute atomic E-state index is 2.43. The van der Waals surface area contributed by atoms with Crippen molar-refractivity contribution < 1.29 is 0 Å². The number of hydrogen-bond acceptors (Lipinski definition) is 0. The molecule has 0 unspecified atom stereocenters. The molecule has 27 heavy (non-hydrogen) atoms. The van der Waals surface area contributed by atoms with E-state index in [1.165, 1.54) is 44.2 Å². The summed E-state index contributed by atoms with van der Waals surface area (Å²) >= 11 is 0. The number of para-hydroxylation sites is 1. The Labute approximate surface area is 159 Å². The van der Waals surface area contributed by atoms with E-state index in [2.05, 4.69) is 109 Å². The van der Waals surface area contributed by atoms with E-state index in [0.717, 1.165) is 6.42 Å². The fourth-order valence-electron chi connectivity index (χ4n) is 4.07. The zero-order valence-electron chi connectivity index (χ0n) is 15.4. The molecule has 0 saturated carbocycles. The van der Waals surface area contributed by atoms with Crippen LogP contribution in [0.4, 0.5) is 0 Å². The van der Waals surface area contributed by atoms with Gasteiger partial charge in [0.25, 0.3) is 0 Å². The van der Waals surface area contributed by atoms with Crippen molar-refractivity contribution in [1.82, 2.24) is 4.57 Å². The van der Waals surface area contributed by atoms with Crippen LogP contribution in [0.25, 0.3) is 38.6 Å². The van der Waals surface area contributed by atoms with Gasteiger partial charge in [-0.25, -0.2) is 0 Å². The maximum atomic E-state index is 2.43. The summed E-state index contributed by atoms with van der Waals surface area (Å²) in [5, 5.41) is 3.89. The summed E-state index contributed by atoms with van der Waals surface area (Å²) < 4.78 is 2.43. The average molecular weight is 347 g/mol. The molecule has 0 spiro atoms. The van der Waals surface area contributed by atoms with Crippen LogP contribution in [0.5, 0.6) is 0 Å². The Morgan fingerprint density at radius 1 is 0.667 bits per heavy atom. The van der Waals surface area contributed by atoms with E-state index in [0.29, 0.717) is 0 Å². The monoisotopic (exact) mass is 347 g/mol. The van der Waals surface area contributed by atoms with Crippen molar-refractivity contribution >= 4 is 21.7 Å². The highest BCUT2D eigenvalue weighted by Crippen LogP contribution is 2.36. The van der Waals surface area contributed by atoms with Crippen LogP contribution in [0.1, 0.15) is 12.5 Å². The topological polar surface area (TPSA) is 4.93 Å². The van der Waals surface area contributed by atoms with E-state index >= 15 is 0 Å². The van der Waals surface area contributed by atoms with Gasteiger partial charge >= 0.3 is 0 Å². The predicted molar refractivity (Wildman–Crippen MR) is 116 cm³/mol. The molecule has 1 heterocycles. The SMILES string of the molecule is CCc1ccccc1-n1c(-c2ccccc2)cc2c3ccccc3ccc21. The van der Waals surface area contributed by atoms with Crippen molar-refractivity contribution in [3.63, 3.8) is 0 Å². The molecule has 1 heteroatoms. The first-order chi connectivity index (χ1) is 13.4. The lowest BCUT2D eigenvalue weighted by Gasteiger charge is -2.15. The van der Waals surface area contributed by atoms with E-state index in [1.54, 1.807) is 0 Å². The third-order valence-corrected chi connectivity index (χ3v) is 5.39. The van der Waals surface area contributed by atoms with Gasteiger partial charge in [0.05, 0.1) is 11.2 Å². The molecule has 0 aliphatic rings. The molecule has 1 nitrogen and oxygen atoms in total. The molecule has 0 aliphatic heterocycles. The summed E-state index contributed by atoms with van der Waals surface area (Å²) in [6, 6.07) is 34.9. The van der Waals surface area contributed by atoms with E-state index in [-0.39, 0.29) is 0 Å². The number of hydrogen-bond donors (Lipinski definition) is 0. The highest BCUT2D eigenvalue weighted by Gasteiger charge is 2.15. The molecule has 0 fully saturated rings. The molecule has 0 bridgehead atoms. The number of rotatable bonds is 3. The Bertz CT molecular complexity index is 1250. The fraction of sp³-hybridized carbons (Fsp3) is 0.0769. The van der Waals surface area contributed by atoms with E-state index in [1.807, 2.05) is 0 Å². The second-order valence-corrected chi connectivity index (χ2v) is 6.93. The second kappa shape index (κ2) is 6.44. The quantitative estimate of drug-likeness (QED) is 0.331. The van der Waals surface area contributed by atoms with Gasteiger partial charge in [0.15, 0.2) is 0 Å². The Kier molecular flexibility index (Phi) is 3.79. The molecule has 0 aliphatic carbocycles. The van der Waals surface area contributed by atoms with Gasteiger partial charge in [-0.2, -0.15) is 0 Å². The van der Waals surface area contributed by atoms with Crippen molar-refractivity contribution in [2.24, 2.45) is 0 Å². The zero-order valence-corrected chi connectivity index (χ0v) is 15.4. The van der Waals surface area contributed by atoms with Gasteiger partial charge in [-0.1, -0.05) is 85.8 Å². The largest absolute Gasteiger partial charge is 0.309 e. The lowest BCUT2D eigenvalue weighted by atomic mass is 10.1. The highest BCUT2D eigenvalue weighted by atomic mass is 15.0. The van der Waals surface area contributed by atoms with Crippen LogP contribution < -0.4 is 0 Å². The number of fused-ring (bicyclic) bond motifs is 3. The first-order valence-electron chi connectivity index (χ1n) is 9.53. The van der Waals surface area contributed by atoms with Crippen molar-refractivity contribution in [2.75, 3.05) is 0 Å². The van der Waals surface area contributed by atoms with Crippen LogP contribution in [-0.4, -0.2) is 4.57 Å². The molecule has 5 rings (SSSR count). The predicted octanol–water partition coefficient (Wildman–Crippen LogP) is 7.01. The first kappa shape index (κ1) is 15.9. The molecule has 0 radical (unpaired) electrons. The number of aryl methyl sites for hydroxylation is 1. The van der Waals surface area contributed by atoms with Crippen LogP contribution in [0, 0.1) is 0 Å². The summed E-state index contributed by atoms with van der Waals surface area (Å²) in [5.74, 6) is 0. The zero-order chi connectivity index (χ0) is 18.2.